The van der Waals surface area contributed by atoms with E-state index in [1.54, 1.807) is 0 Å². The van der Waals surface area contributed by atoms with Crippen molar-refractivity contribution in [2.45, 2.75) is 13.0 Å². The lowest BCUT2D eigenvalue weighted by Gasteiger charge is -2.33. The van der Waals surface area contributed by atoms with E-state index in [1.807, 2.05) is 42.2 Å². The number of hydrogen-bond donors (Lipinski definition) is 1. The van der Waals surface area contributed by atoms with Crippen molar-refractivity contribution in [1.29, 1.82) is 0 Å². The molecule has 21 heavy (non-hydrogen) atoms. The third-order valence-electron chi connectivity index (χ3n) is 3.51. The molecule has 2 aromatic rings. The van der Waals surface area contributed by atoms with Gasteiger partial charge in [-0.25, -0.2) is 4.98 Å². The third kappa shape index (κ3) is 3.25. The first-order chi connectivity index (χ1) is 9.75. The molecule has 3 rings (SSSR count). The summed E-state index contributed by atoms with van der Waals surface area (Å²) in [5.74, 6) is 0.418. The van der Waals surface area contributed by atoms with Crippen molar-refractivity contribution in [2.75, 3.05) is 19.6 Å². The Labute approximate surface area is 129 Å². The fraction of sp³-hybridized carbons (Fsp3) is 0.333. The largest absolute Gasteiger partial charge is 0.444 e. The Bertz CT molecular complexity index is 600. The normalized spacial score (nSPS) is 18.1. The van der Waals surface area contributed by atoms with Crippen LogP contribution in [-0.4, -0.2) is 41.5 Å². The fourth-order valence-electron chi connectivity index (χ4n) is 2.38. The number of carbonyl (C=O) groups excluding carboxylic acids is 1. The lowest BCUT2D eigenvalue weighted by Crippen LogP contribution is -2.52. The van der Waals surface area contributed by atoms with Gasteiger partial charge in [0.1, 0.15) is 6.26 Å². The van der Waals surface area contributed by atoms with Crippen LogP contribution in [0.4, 0.5) is 0 Å². The number of aromatic nitrogens is 1. The van der Waals surface area contributed by atoms with Crippen molar-refractivity contribution in [1.82, 2.24) is 15.2 Å². The van der Waals surface area contributed by atoms with Gasteiger partial charge >= 0.3 is 0 Å². The number of piperazine rings is 1. The van der Waals surface area contributed by atoms with Crippen LogP contribution in [0.3, 0.4) is 0 Å². The first-order valence-electron chi connectivity index (χ1n) is 6.78. The maximum Gasteiger partial charge on any atom is 0.276 e. The second kappa shape index (κ2) is 6.74. The number of benzene rings is 1. The van der Waals surface area contributed by atoms with Crippen molar-refractivity contribution in [3.63, 3.8) is 0 Å². The Morgan fingerprint density at radius 1 is 1.38 bits per heavy atom. The molecule has 1 aromatic heterocycles. The van der Waals surface area contributed by atoms with Crippen LogP contribution in [0.15, 0.2) is 41.0 Å². The Hall–Kier alpha value is -1.85. The molecule has 0 bridgehead atoms. The molecule has 1 aliphatic rings. The summed E-state index contributed by atoms with van der Waals surface area (Å²) in [5, 5.41) is 3.26. The lowest BCUT2D eigenvalue weighted by atomic mass is 10.2. The van der Waals surface area contributed by atoms with Crippen LogP contribution in [0, 0.1) is 0 Å². The van der Waals surface area contributed by atoms with E-state index < -0.39 is 0 Å². The summed E-state index contributed by atoms with van der Waals surface area (Å²) in [6.45, 7) is 4.37. The average molecular weight is 308 g/mol. The fourth-order valence-corrected chi connectivity index (χ4v) is 2.38. The van der Waals surface area contributed by atoms with E-state index in [0.29, 0.717) is 18.1 Å². The number of nitrogens with one attached hydrogen (secondary N) is 1. The Balaban J connectivity index is 0.00000161. The molecular weight excluding hydrogens is 290 g/mol. The van der Waals surface area contributed by atoms with Crippen LogP contribution in [0.1, 0.15) is 17.4 Å². The van der Waals surface area contributed by atoms with E-state index in [9.17, 15) is 4.79 Å². The number of hydrogen-bond acceptors (Lipinski definition) is 4. The van der Waals surface area contributed by atoms with Gasteiger partial charge in [0.15, 0.2) is 5.69 Å². The molecule has 5 nitrogen and oxygen atoms in total. The second-order valence-electron chi connectivity index (χ2n) is 4.96. The number of carbonyl (C=O) groups is 1. The minimum absolute atomic E-state index is 0. The minimum atomic E-state index is -0.0649. The topological polar surface area (TPSA) is 58.4 Å². The van der Waals surface area contributed by atoms with Crippen LogP contribution in [0.2, 0.25) is 0 Å². The lowest BCUT2D eigenvalue weighted by molar-refractivity contribution is 0.0649. The quantitative estimate of drug-likeness (QED) is 0.924. The maximum absolute atomic E-state index is 12.4. The zero-order chi connectivity index (χ0) is 13.9. The van der Waals surface area contributed by atoms with Gasteiger partial charge < -0.3 is 14.6 Å². The molecule has 0 saturated carbocycles. The van der Waals surface area contributed by atoms with Gasteiger partial charge in [0, 0.05) is 31.2 Å². The molecule has 0 radical (unpaired) electrons. The molecule has 1 aliphatic heterocycles. The number of halogens is 1. The Morgan fingerprint density at radius 3 is 2.86 bits per heavy atom. The first-order valence-corrected chi connectivity index (χ1v) is 6.78. The highest BCUT2D eigenvalue weighted by Gasteiger charge is 2.26. The molecule has 1 N–H and O–H groups in total. The molecule has 0 spiro atoms. The van der Waals surface area contributed by atoms with Crippen molar-refractivity contribution in [2.24, 2.45) is 0 Å². The van der Waals surface area contributed by atoms with Gasteiger partial charge in [-0.1, -0.05) is 18.2 Å². The van der Waals surface area contributed by atoms with Crippen LogP contribution < -0.4 is 5.32 Å². The smallest absolute Gasteiger partial charge is 0.276 e. The highest BCUT2D eigenvalue weighted by atomic mass is 35.5. The molecule has 2 heterocycles. The SMILES string of the molecule is C[C@H]1CNCCN1C(=O)c1coc(-c2ccccc2)n1.Cl. The van der Waals surface area contributed by atoms with Gasteiger partial charge in [-0.05, 0) is 19.1 Å². The number of oxazole rings is 1. The molecule has 0 unspecified atom stereocenters. The molecule has 1 saturated heterocycles. The highest BCUT2D eigenvalue weighted by molar-refractivity contribution is 5.92. The zero-order valence-electron chi connectivity index (χ0n) is 11.8. The summed E-state index contributed by atoms with van der Waals surface area (Å²) in [7, 11) is 0. The summed E-state index contributed by atoms with van der Waals surface area (Å²) in [5.41, 5.74) is 1.25. The van der Waals surface area contributed by atoms with Gasteiger partial charge in [0.05, 0.1) is 0 Å². The van der Waals surface area contributed by atoms with Crippen molar-refractivity contribution in [3.05, 3.63) is 42.3 Å². The van der Waals surface area contributed by atoms with Crippen LogP contribution in [0.5, 0.6) is 0 Å². The number of amides is 1. The summed E-state index contributed by atoms with van der Waals surface area (Å²) in [6.07, 6.45) is 1.44. The number of nitrogens with zero attached hydrogens (tertiary/aromatic N) is 2. The molecule has 112 valence electrons. The minimum Gasteiger partial charge on any atom is -0.444 e. The summed E-state index contributed by atoms with van der Waals surface area (Å²) in [6, 6.07) is 9.76. The van der Waals surface area contributed by atoms with E-state index in [1.165, 1.54) is 6.26 Å². The van der Waals surface area contributed by atoms with Crippen LogP contribution in [-0.2, 0) is 0 Å². The Kier molecular flexibility index (Phi) is 4.98. The van der Waals surface area contributed by atoms with E-state index >= 15 is 0 Å². The molecule has 1 atom stereocenters. The predicted octanol–water partition coefficient (Wildman–Crippen LogP) is 2.20. The second-order valence-corrected chi connectivity index (χ2v) is 4.96. The van der Waals surface area contributed by atoms with Gasteiger partial charge in [0.2, 0.25) is 5.89 Å². The molecule has 0 aliphatic carbocycles. The molecular formula is C15H18ClN3O2. The van der Waals surface area contributed by atoms with Crippen LogP contribution in [0.25, 0.3) is 11.5 Å². The predicted molar refractivity (Wildman–Crippen MR) is 82.6 cm³/mol. The van der Waals surface area contributed by atoms with Crippen molar-refractivity contribution < 1.29 is 9.21 Å². The molecule has 1 amide bonds. The standard InChI is InChI=1S/C15H17N3O2.ClH/c1-11-9-16-7-8-18(11)15(19)13-10-20-14(17-13)12-5-3-2-4-6-12;/h2-6,10-11,16H,7-9H2,1H3;1H/t11-;/m0./s1. The summed E-state index contributed by atoms with van der Waals surface area (Å²) in [4.78, 5) is 18.6. The first kappa shape index (κ1) is 15.5. The van der Waals surface area contributed by atoms with Gasteiger partial charge in [0.25, 0.3) is 5.91 Å². The van der Waals surface area contributed by atoms with Crippen LogP contribution >= 0.6 is 12.4 Å². The van der Waals surface area contributed by atoms with Crippen molar-refractivity contribution in [3.8, 4) is 11.5 Å². The van der Waals surface area contributed by atoms with E-state index in [-0.39, 0.29) is 24.4 Å². The van der Waals surface area contributed by atoms with Gasteiger partial charge in [-0.3, -0.25) is 4.79 Å². The van der Waals surface area contributed by atoms with E-state index in [2.05, 4.69) is 10.3 Å². The molecule has 6 heteroatoms. The Morgan fingerprint density at radius 2 is 2.14 bits per heavy atom. The third-order valence-corrected chi connectivity index (χ3v) is 3.51. The summed E-state index contributed by atoms with van der Waals surface area (Å²) >= 11 is 0. The van der Waals surface area contributed by atoms with Gasteiger partial charge in [-0.2, -0.15) is 0 Å². The zero-order valence-corrected chi connectivity index (χ0v) is 12.6. The highest BCUT2D eigenvalue weighted by Crippen LogP contribution is 2.19. The monoisotopic (exact) mass is 307 g/mol. The van der Waals surface area contributed by atoms with E-state index in [0.717, 1.165) is 18.7 Å². The molecule has 1 fully saturated rings. The molecule has 1 aromatic carbocycles. The van der Waals surface area contributed by atoms with Gasteiger partial charge in [-0.15, -0.1) is 12.4 Å². The maximum atomic E-state index is 12.4. The van der Waals surface area contributed by atoms with E-state index in [4.69, 9.17) is 4.42 Å². The summed E-state index contributed by atoms with van der Waals surface area (Å²) < 4.78 is 5.42. The van der Waals surface area contributed by atoms with Crippen molar-refractivity contribution >= 4 is 18.3 Å². The number of rotatable bonds is 2. The average Bonchev–Trinajstić information content (AvgIpc) is 2.98.